The lowest BCUT2D eigenvalue weighted by atomic mass is 10.2. The van der Waals surface area contributed by atoms with Crippen LogP contribution in [-0.2, 0) is 9.53 Å². The number of para-hydroxylation sites is 1. The number of carbonyl (C=O) groups is 2. The maximum atomic E-state index is 11.9. The Bertz CT molecular complexity index is 665. The lowest BCUT2D eigenvalue weighted by Crippen LogP contribution is -2.21. The molecule has 114 valence electrons. The van der Waals surface area contributed by atoms with Gasteiger partial charge in [-0.25, -0.2) is 4.79 Å². The molecule has 0 fully saturated rings. The molecule has 0 saturated carbocycles. The van der Waals surface area contributed by atoms with Crippen LogP contribution in [0.15, 0.2) is 48.5 Å². The van der Waals surface area contributed by atoms with Crippen molar-refractivity contribution >= 4 is 17.6 Å². The molecule has 5 heteroatoms. The van der Waals surface area contributed by atoms with Crippen LogP contribution in [-0.4, -0.2) is 25.6 Å². The molecule has 2 aromatic carbocycles. The zero-order valence-corrected chi connectivity index (χ0v) is 12.5. The Morgan fingerprint density at radius 2 is 1.73 bits per heavy atom. The molecule has 22 heavy (non-hydrogen) atoms. The third-order valence-corrected chi connectivity index (χ3v) is 2.99. The lowest BCUT2D eigenvalue weighted by molar-refractivity contribution is -0.118. The van der Waals surface area contributed by atoms with E-state index in [1.807, 2.05) is 31.2 Å². The fourth-order valence-electron chi connectivity index (χ4n) is 1.85. The van der Waals surface area contributed by atoms with E-state index < -0.39 is 5.97 Å². The van der Waals surface area contributed by atoms with Gasteiger partial charge in [0.15, 0.2) is 6.61 Å². The van der Waals surface area contributed by atoms with E-state index in [-0.39, 0.29) is 18.1 Å². The first-order valence-corrected chi connectivity index (χ1v) is 6.77. The molecule has 2 aromatic rings. The second kappa shape index (κ2) is 7.26. The minimum absolute atomic E-state index is 0.193. The molecule has 1 N–H and O–H groups in total. The molecule has 0 atom stereocenters. The van der Waals surface area contributed by atoms with Crippen molar-refractivity contribution in [2.45, 2.75) is 6.92 Å². The highest BCUT2D eigenvalue weighted by atomic mass is 16.5. The topological polar surface area (TPSA) is 64.6 Å². The average molecular weight is 299 g/mol. The number of anilines is 1. The van der Waals surface area contributed by atoms with Crippen molar-refractivity contribution in [3.8, 4) is 5.75 Å². The van der Waals surface area contributed by atoms with Gasteiger partial charge in [0.1, 0.15) is 11.3 Å². The van der Waals surface area contributed by atoms with Crippen LogP contribution in [0.2, 0.25) is 0 Å². The van der Waals surface area contributed by atoms with Crippen LogP contribution in [0.5, 0.6) is 5.75 Å². The second-order valence-corrected chi connectivity index (χ2v) is 4.69. The summed E-state index contributed by atoms with van der Waals surface area (Å²) in [5.74, 6) is -0.494. The van der Waals surface area contributed by atoms with Crippen molar-refractivity contribution in [2.24, 2.45) is 0 Å². The lowest BCUT2D eigenvalue weighted by Gasteiger charge is -2.10. The van der Waals surface area contributed by atoms with E-state index in [1.165, 1.54) is 7.11 Å². The highest BCUT2D eigenvalue weighted by Crippen LogP contribution is 2.18. The SMILES string of the molecule is COC(=O)c1ccccc1OCC(=O)Nc1ccc(C)cc1. The van der Waals surface area contributed by atoms with E-state index in [9.17, 15) is 9.59 Å². The van der Waals surface area contributed by atoms with Crippen LogP contribution in [0.3, 0.4) is 0 Å². The normalized spacial score (nSPS) is 9.91. The van der Waals surface area contributed by atoms with Crippen LogP contribution in [0.25, 0.3) is 0 Å². The monoisotopic (exact) mass is 299 g/mol. The Morgan fingerprint density at radius 1 is 1.05 bits per heavy atom. The van der Waals surface area contributed by atoms with Gasteiger partial charge in [-0.15, -0.1) is 0 Å². The van der Waals surface area contributed by atoms with Crippen molar-refractivity contribution in [3.63, 3.8) is 0 Å². The summed E-state index contributed by atoms with van der Waals surface area (Å²) in [6.45, 7) is 1.78. The predicted molar refractivity (Wildman–Crippen MR) is 83.1 cm³/mol. The summed E-state index contributed by atoms with van der Waals surface area (Å²) in [4.78, 5) is 23.5. The van der Waals surface area contributed by atoms with E-state index in [0.29, 0.717) is 11.4 Å². The van der Waals surface area contributed by atoms with Crippen molar-refractivity contribution in [2.75, 3.05) is 19.0 Å². The number of rotatable bonds is 5. The molecule has 0 radical (unpaired) electrons. The number of hydrogen-bond donors (Lipinski definition) is 1. The summed E-state index contributed by atoms with van der Waals surface area (Å²) in [5, 5.41) is 2.72. The number of nitrogens with one attached hydrogen (secondary N) is 1. The van der Waals surface area contributed by atoms with Crippen LogP contribution in [0.4, 0.5) is 5.69 Å². The van der Waals surface area contributed by atoms with Gasteiger partial charge in [-0.2, -0.15) is 0 Å². The summed E-state index contributed by atoms with van der Waals surface area (Å²) in [7, 11) is 1.29. The van der Waals surface area contributed by atoms with Gasteiger partial charge in [0.2, 0.25) is 0 Å². The number of amides is 1. The highest BCUT2D eigenvalue weighted by molar-refractivity contribution is 5.94. The number of ether oxygens (including phenoxy) is 2. The van der Waals surface area contributed by atoms with Gasteiger partial charge < -0.3 is 14.8 Å². The molecule has 0 bridgehead atoms. The molecule has 0 saturated heterocycles. The average Bonchev–Trinajstić information content (AvgIpc) is 2.54. The summed E-state index contributed by atoms with van der Waals surface area (Å²) >= 11 is 0. The molecule has 0 spiro atoms. The molecule has 1 amide bonds. The molecule has 0 aliphatic rings. The van der Waals surface area contributed by atoms with E-state index in [4.69, 9.17) is 4.74 Å². The zero-order valence-electron chi connectivity index (χ0n) is 12.5. The first-order chi connectivity index (χ1) is 10.6. The van der Waals surface area contributed by atoms with Crippen LogP contribution >= 0.6 is 0 Å². The number of esters is 1. The van der Waals surface area contributed by atoms with Gasteiger partial charge in [-0.3, -0.25) is 4.79 Å². The molecule has 0 aliphatic carbocycles. The van der Waals surface area contributed by atoms with Crippen molar-refractivity contribution in [1.29, 1.82) is 0 Å². The molecule has 0 aliphatic heterocycles. The maximum absolute atomic E-state index is 11.9. The summed E-state index contributed by atoms with van der Waals surface area (Å²) in [6.07, 6.45) is 0. The Kier molecular flexibility index (Phi) is 5.14. The maximum Gasteiger partial charge on any atom is 0.341 e. The van der Waals surface area contributed by atoms with E-state index in [2.05, 4.69) is 10.1 Å². The van der Waals surface area contributed by atoms with E-state index in [1.54, 1.807) is 24.3 Å². The van der Waals surface area contributed by atoms with Gasteiger partial charge in [0.25, 0.3) is 5.91 Å². The first kappa shape index (κ1) is 15.6. The Balaban J connectivity index is 1.96. The fraction of sp³-hybridized carbons (Fsp3) is 0.176. The minimum Gasteiger partial charge on any atom is -0.483 e. The zero-order chi connectivity index (χ0) is 15.9. The van der Waals surface area contributed by atoms with Gasteiger partial charge >= 0.3 is 5.97 Å². The van der Waals surface area contributed by atoms with Crippen molar-refractivity contribution < 1.29 is 19.1 Å². The quantitative estimate of drug-likeness (QED) is 0.862. The van der Waals surface area contributed by atoms with E-state index in [0.717, 1.165) is 5.56 Å². The van der Waals surface area contributed by atoms with Crippen LogP contribution in [0, 0.1) is 6.92 Å². The van der Waals surface area contributed by atoms with Gasteiger partial charge in [0.05, 0.1) is 7.11 Å². The molecule has 0 aromatic heterocycles. The highest BCUT2D eigenvalue weighted by Gasteiger charge is 2.13. The fourth-order valence-corrected chi connectivity index (χ4v) is 1.85. The standard InChI is InChI=1S/C17H17NO4/c1-12-7-9-13(10-8-12)18-16(19)11-22-15-6-4-3-5-14(15)17(20)21-2/h3-10H,11H2,1-2H3,(H,18,19). The molecule has 0 unspecified atom stereocenters. The molecule has 5 nitrogen and oxygen atoms in total. The molecule has 0 heterocycles. The Hall–Kier alpha value is -2.82. The third-order valence-electron chi connectivity index (χ3n) is 2.99. The van der Waals surface area contributed by atoms with Gasteiger partial charge in [0, 0.05) is 5.69 Å². The molecular formula is C17H17NO4. The van der Waals surface area contributed by atoms with Crippen LogP contribution in [0.1, 0.15) is 15.9 Å². The smallest absolute Gasteiger partial charge is 0.341 e. The third kappa shape index (κ3) is 4.09. The summed E-state index contributed by atoms with van der Waals surface area (Å²) in [6, 6.07) is 14.1. The Labute approximate surface area is 128 Å². The largest absolute Gasteiger partial charge is 0.483 e. The number of aryl methyl sites for hydroxylation is 1. The number of carbonyl (C=O) groups excluding carboxylic acids is 2. The number of benzene rings is 2. The summed E-state index contributed by atoms with van der Waals surface area (Å²) in [5.41, 5.74) is 2.09. The number of hydrogen-bond acceptors (Lipinski definition) is 4. The molecule has 2 rings (SSSR count). The van der Waals surface area contributed by atoms with Crippen molar-refractivity contribution in [1.82, 2.24) is 0 Å². The van der Waals surface area contributed by atoms with Gasteiger partial charge in [-0.1, -0.05) is 29.8 Å². The minimum atomic E-state index is -0.505. The number of methoxy groups -OCH3 is 1. The first-order valence-electron chi connectivity index (χ1n) is 6.77. The van der Waals surface area contributed by atoms with Gasteiger partial charge in [-0.05, 0) is 31.2 Å². The predicted octanol–water partition coefficient (Wildman–Crippen LogP) is 2.80. The second-order valence-electron chi connectivity index (χ2n) is 4.69. The van der Waals surface area contributed by atoms with Crippen molar-refractivity contribution in [3.05, 3.63) is 59.7 Å². The summed E-state index contributed by atoms with van der Waals surface area (Å²) < 4.78 is 10.1. The van der Waals surface area contributed by atoms with Crippen LogP contribution < -0.4 is 10.1 Å². The van der Waals surface area contributed by atoms with E-state index >= 15 is 0 Å². The Morgan fingerprint density at radius 3 is 2.41 bits per heavy atom. The molecular weight excluding hydrogens is 282 g/mol.